The summed E-state index contributed by atoms with van der Waals surface area (Å²) >= 11 is 0. The topological polar surface area (TPSA) is 75.2 Å². The summed E-state index contributed by atoms with van der Waals surface area (Å²) in [6.07, 6.45) is 8.66. The van der Waals surface area contributed by atoms with Crippen molar-refractivity contribution >= 4 is 41.5 Å². The van der Waals surface area contributed by atoms with Gasteiger partial charge in [-0.25, -0.2) is 0 Å². The third-order valence-corrected chi connectivity index (χ3v) is 5.40. The highest BCUT2D eigenvalue weighted by Gasteiger charge is 2.24. The van der Waals surface area contributed by atoms with Crippen molar-refractivity contribution in [3.8, 4) is 5.75 Å². The Bertz CT molecular complexity index is 680. The maximum absolute atomic E-state index is 12.2. The number of aliphatic imine (C=N–C) groups is 1. The third kappa shape index (κ3) is 7.61. The predicted molar refractivity (Wildman–Crippen MR) is 131 cm³/mol. The third-order valence-electron chi connectivity index (χ3n) is 5.40. The van der Waals surface area contributed by atoms with E-state index >= 15 is 0 Å². The van der Waals surface area contributed by atoms with Crippen molar-refractivity contribution in [2.45, 2.75) is 51.0 Å². The molecule has 0 unspecified atom stereocenters. The molecule has 1 aromatic rings. The number of ether oxygens (including phenoxy) is 2. The van der Waals surface area contributed by atoms with Gasteiger partial charge in [0, 0.05) is 33.3 Å². The Morgan fingerprint density at radius 1 is 1.17 bits per heavy atom. The summed E-state index contributed by atoms with van der Waals surface area (Å²) in [5.74, 6) is 1.56. The lowest BCUT2D eigenvalue weighted by atomic mass is 9.98. The first-order chi connectivity index (χ1) is 14.3. The van der Waals surface area contributed by atoms with Gasteiger partial charge in [-0.05, 0) is 37.8 Å². The average molecular weight is 530 g/mol. The van der Waals surface area contributed by atoms with Crippen molar-refractivity contribution in [1.82, 2.24) is 10.6 Å². The summed E-state index contributed by atoms with van der Waals surface area (Å²) in [5, 5.41) is 6.65. The zero-order chi connectivity index (χ0) is 20.3. The van der Waals surface area contributed by atoms with Gasteiger partial charge in [0.25, 0.3) is 5.91 Å². The van der Waals surface area contributed by atoms with E-state index in [0.717, 1.165) is 49.9 Å². The summed E-state index contributed by atoms with van der Waals surface area (Å²) in [5.41, 5.74) is 0.851. The Hall–Kier alpha value is -1.55. The molecular formula is C22H35IN4O3. The molecule has 0 spiro atoms. The van der Waals surface area contributed by atoms with Crippen molar-refractivity contribution in [3.63, 3.8) is 0 Å². The van der Waals surface area contributed by atoms with E-state index in [-0.39, 0.29) is 36.5 Å². The molecule has 1 amide bonds. The fraction of sp³-hybridized carbons (Fsp3) is 0.636. The number of guanidine groups is 1. The van der Waals surface area contributed by atoms with Crippen LogP contribution in [0.5, 0.6) is 5.75 Å². The smallest absolute Gasteiger partial charge is 0.265 e. The minimum atomic E-state index is 0. The molecule has 7 nitrogen and oxygen atoms in total. The first kappa shape index (κ1) is 24.7. The van der Waals surface area contributed by atoms with Crippen molar-refractivity contribution in [1.29, 1.82) is 0 Å². The normalized spacial score (nSPS) is 17.0. The van der Waals surface area contributed by atoms with Crippen molar-refractivity contribution in [3.05, 3.63) is 24.3 Å². The lowest BCUT2D eigenvalue weighted by molar-refractivity contribution is -0.121. The second-order valence-corrected chi connectivity index (χ2v) is 7.57. The van der Waals surface area contributed by atoms with Crippen LogP contribution in [-0.2, 0) is 9.53 Å². The second-order valence-electron chi connectivity index (χ2n) is 7.57. The number of amides is 1. The summed E-state index contributed by atoms with van der Waals surface area (Å²) < 4.78 is 11.4. The summed E-state index contributed by atoms with van der Waals surface area (Å²) in [7, 11) is 1.77. The molecule has 1 aromatic carbocycles. The van der Waals surface area contributed by atoms with Gasteiger partial charge in [0.05, 0.1) is 11.8 Å². The van der Waals surface area contributed by atoms with Crippen LogP contribution >= 0.6 is 24.0 Å². The van der Waals surface area contributed by atoms with Crippen LogP contribution in [0.4, 0.5) is 5.69 Å². The molecule has 2 aliphatic rings. The number of benzene rings is 1. The van der Waals surface area contributed by atoms with Crippen LogP contribution in [0, 0.1) is 0 Å². The number of halogens is 1. The van der Waals surface area contributed by atoms with Gasteiger partial charge in [-0.1, -0.05) is 31.4 Å². The van der Waals surface area contributed by atoms with E-state index < -0.39 is 0 Å². The fourth-order valence-electron chi connectivity index (χ4n) is 3.82. The number of rotatable bonds is 9. The highest BCUT2D eigenvalue weighted by Crippen LogP contribution is 2.31. The number of para-hydroxylation sites is 2. The van der Waals surface area contributed by atoms with Gasteiger partial charge in [0.2, 0.25) is 0 Å². The molecule has 0 radical (unpaired) electrons. The Kier molecular flexibility index (Phi) is 11.3. The number of carbonyl (C=O) groups excluding carboxylic acids is 1. The highest BCUT2D eigenvalue weighted by molar-refractivity contribution is 14.0. The Morgan fingerprint density at radius 2 is 1.90 bits per heavy atom. The van der Waals surface area contributed by atoms with Crippen molar-refractivity contribution in [2.24, 2.45) is 4.99 Å². The van der Waals surface area contributed by atoms with E-state index in [1.54, 1.807) is 11.9 Å². The largest absolute Gasteiger partial charge is 0.482 e. The van der Waals surface area contributed by atoms with Crippen LogP contribution < -0.4 is 20.3 Å². The molecule has 0 aromatic heterocycles. The molecule has 2 N–H and O–H groups in total. The summed E-state index contributed by atoms with van der Waals surface area (Å²) in [4.78, 5) is 18.3. The van der Waals surface area contributed by atoms with Gasteiger partial charge in [0.15, 0.2) is 12.6 Å². The molecule has 3 rings (SSSR count). The maximum Gasteiger partial charge on any atom is 0.265 e. The van der Waals surface area contributed by atoms with Crippen LogP contribution in [0.25, 0.3) is 0 Å². The fourth-order valence-corrected chi connectivity index (χ4v) is 3.82. The SMILES string of the molecule is CN=C(NCCCOC1CCCCC1)NCCCN1C(=O)COc2ccccc21.I. The maximum atomic E-state index is 12.2. The number of nitrogens with one attached hydrogen (secondary N) is 2. The number of fused-ring (bicyclic) bond motifs is 1. The minimum Gasteiger partial charge on any atom is -0.482 e. The van der Waals surface area contributed by atoms with Gasteiger partial charge < -0.3 is 25.0 Å². The molecule has 1 aliphatic carbocycles. The van der Waals surface area contributed by atoms with Crippen molar-refractivity contribution in [2.75, 3.05) is 44.8 Å². The van der Waals surface area contributed by atoms with Gasteiger partial charge in [0.1, 0.15) is 5.75 Å². The first-order valence-electron chi connectivity index (χ1n) is 10.9. The van der Waals surface area contributed by atoms with E-state index in [0.29, 0.717) is 12.6 Å². The van der Waals surface area contributed by atoms with Gasteiger partial charge in [-0.15, -0.1) is 24.0 Å². The molecule has 30 heavy (non-hydrogen) atoms. The highest BCUT2D eigenvalue weighted by atomic mass is 127. The number of carbonyl (C=O) groups is 1. The van der Waals surface area contributed by atoms with E-state index in [2.05, 4.69) is 15.6 Å². The molecule has 1 aliphatic heterocycles. The molecule has 1 heterocycles. The number of anilines is 1. The zero-order valence-electron chi connectivity index (χ0n) is 17.9. The summed E-state index contributed by atoms with van der Waals surface area (Å²) in [6.45, 7) is 3.13. The first-order valence-corrected chi connectivity index (χ1v) is 10.9. The Balaban J connectivity index is 0.00000320. The van der Waals surface area contributed by atoms with Crippen molar-refractivity contribution < 1.29 is 14.3 Å². The van der Waals surface area contributed by atoms with Gasteiger partial charge >= 0.3 is 0 Å². The van der Waals surface area contributed by atoms with Gasteiger partial charge in [-0.3, -0.25) is 9.79 Å². The number of hydrogen-bond donors (Lipinski definition) is 2. The Morgan fingerprint density at radius 3 is 2.67 bits per heavy atom. The van der Waals surface area contributed by atoms with Crippen LogP contribution in [-0.4, -0.2) is 57.9 Å². The predicted octanol–water partition coefficient (Wildman–Crippen LogP) is 3.32. The van der Waals surface area contributed by atoms with Crippen LogP contribution in [0.2, 0.25) is 0 Å². The molecular weight excluding hydrogens is 495 g/mol. The van der Waals surface area contributed by atoms with E-state index in [9.17, 15) is 4.79 Å². The van der Waals surface area contributed by atoms with E-state index in [1.165, 1.54) is 32.1 Å². The quantitative estimate of drug-likeness (QED) is 0.222. The molecule has 8 heteroatoms. The number of nitrogens with zero attached hydrogens (tertiary/aromatic N) is 2. The molecule has 1 saturated carbocycles. The summed E-state index contributed by atoms with van der Waals surface area (Å²) in [6, 6.07) is 7.67. The number of hydrogen-bond acceptors (Lipinski definition) is 4. The van der Waals surface area contributed by atoms with E-state index in [1.807, 2.05) is 24.3 Å². The molecule has 1 fully saturated rings. The molecule has 0 atom stereocenters. The van der Waals surface area contributed by atoms with Crippen LogP contribution in [0.15, 0.2) is 29.3 Å². The van der Waals surface area contributed by atoms with Crippen LogP contribution in [0.1, 0.15) is 44.9 Å². The lowest BCUT2D eigenvalue weighted by Gasteiger charge is -2.29. The second kappa shape index (κ2) is 13.7. The lowest BCUT2D eigenvalue weighted by Crippen LogP contribution is -2.42. The standard InChI is InChI=1S/C22H34N4O3.HI/c1-23-22(25-14-8-16-28-18-9-3-2-4-10-18)24-13-7-15-26-19-11-5-6-12-20(19)29-17-21(26)27;/h5-6,11-12,18H,2-4,7-10,13-17H2,1H3,(H2,23,24,25);1H. The Labute approximate surface area is 197 Å². The molecule has 168 valence electrons. The molecule has 0 saturated heterocycles. The van der Waals surface area contributed by atoms with Crippen LogP contribution in [0.3, 0.4) is 0 Å². The van der Waals surface area contributed by atoms with Gasteiger partial charge in [-0.2, -0.15) is 0 Å². The minimum absolute atomic E-state index is 0. The monoisotopic (exact) mass is 530 g/mol. The zero-order valence-corrected chi connectivity index (χ0v) is 20.2. The average Bonchev–Trinajstić information content (AvgIpc) is 2.77. The van der Waals surface area contributed by atoms with E-state index in [4.69, 9.17) is 9.47 Å². The molecule has 0 bridgehead atoms.